The van der Waals surface area contributed by atoms with Gasteiger partial charge in [0, 0.05) is 25.1 Å². The first-order chi connectivity index (χ1) is 9.60. The first kappa shape index (κ1) is 15.3. The molecule has 0 spiro atoms. The highest BCUT2D eigenvalue weighted by Crippen LogP contribution is 2.48. The van der Waals surface area contributed by atoms with Crippen molar-refractivity contribution in [3.63, 3.8) is 0 Å². The normalized spacial score (nSPS) is 15.9. The van der Waals surface area contributed by atoms with E-state index in [0.717, 1.165) is 29.6 Å². The van der Waals surface area contributed by atoms with Gasteiger partial charge in [-0.1, -0.05) is 0 Å². The van der Waals surface area contributed by atoms with Gasteiger partial charge in [-0.25, -0.2) is 9.78 Å². The Morgan fingerprint density at radius 3 is 2.85 bits per heavy atom. The number of carbonyl (C=O) groups is 1. The number of rotatable bonds is 8. The number of hydrogen-bond acceptors (Lipinski definition) is 6. The summed E-state index contributed by atoms with van der Waals surface area (Å²) in [6, 6.07) is 0. The lowest BCUT2D eigenvalue weighted by Gasteiger charge is -2.14. The molecule has 0 amide bonds. The molecule has 1 saturated carbocycles. The lowest BCUT2D eigenvalue weighted by atomic mass is 10.0. The Kier molecular flexibility index (Phi) is 4.99. The smallest absolute Gasteiger partial charge is 0.358 e. The monoisotopic (exact) mass is 298 g/mol. The minimum atomic E-state index is -0.338. The Balaban J connectivity index is 1.91. The maximum absolute atomic E-state index is 11.7. The van der Waals surface area contributed by atoms with E-state index < -0.39 is 0 Å². The predicted octanol–water partition coefficient (Wildman–Crippen LogP) is 2.86. The zero-order chi connectivity index (χ0) is 14.6. The molecule has 0 aromatic carbocycles. The second-order valence-electron chi connectivity index (χ2n) is 5.24. The maximum atomic E-state index is 11.7. The van der Waals surface area contributed by atoms with E-state index in [-0.39, 0.29) is 5.97 Å². The van der Waals surface area contributed by atoms with Crippen molar-refractivity contribution < 1.29 is 14.3 Å². The molecule has 1 heterocycles. The van der Waals surface area contributed by atoms with Crippen LogP contribution in [0.3, 0.4) is 0 Å². The third kappa shape index (κ3) is 3.70. The van der Waals surface area contributed by atoms with E-state index in [0.29, 0.717) is 17.7 Å². The van der Waals surface area contributed by atoms with Crippen LogP contribution in [0.2, 0.25) is 0 Å². The number of hydrogen-bond donors (Lipinski definition) is 1. The number of esters is 1. The van der Waals surface area contributed by atoms with Gasteiger partial charge in [-0.3, -0.25) is 0 Å². The second kappa shape index (κ2) is 6.54. The summed E-state index contributed by atoms with van der Waals surface area (Å²) in [7, 11) is 1.74. The minimum Gasteiger partial charge on any atom is -0.461 e. The number of methoxy groups -OCH3 is 1. The molecule has 2 rings (SSSR count). The molecule has 1 aliphatic rings. The number of nitrogens with one attached hydrogen (secondary N) is 1. The highest BCUT2D eigenvalue weighted by Gasteiger charge is 2.41. The molecule has 0 radical (unpaired) electrons. The molecule has 20 heavy (non-hydrogen) atoms. The standard InChI is InChI=1S/C14H22N2O3S/c1-4-19-12(17)11-10(2)20-13(16-11)15-9-14(5-6-14)7-8-18-3/h4-9H2,1-3H3,(H,15,16). The molecule has 1 fully saturated rings. The summed E-state index contributed by atoms with van der Waals surface area (Å²) in [6.07, 6.45) is 3.54. The molecular weight excluding hydrogens is 276 g/mol. The second-order valence-corrected chi connectivity index (χ2v) is 6.44. The zero-order valence-electron chi connectivity index (χ0n) is 12.3. The van der Waals surface area contributed by atoms with Crippen LogP contribution in [0.25, 0.3) is 0 Å². The van der Waals surface area contributed by atoms with E-state index >= 15 is 0 Å². The molecule has 0 bridgehead atoms. The summed E-state index contributed by atoms with van der Waals surface area (Å²) in [5.41, 5.74) is 0.792. The van der Waals surface area contributed by atoms with E-state index in [1.54, 1.807) is 14.0 Å². The Morgan fingerprint density at radius 1 is 1.50 bits per heavy atom. The van der Waals surface area contributed by atoms with Crippen LogP contribution in [0.1, 0.15) is 41.6 Å². The SMILES string of the molecule is CCOC(=O)c1nc(NCC2(CCOC)CC2)sc1C. The van der Waals surface area contributed by atoms with E-state index in [2.05, 4.69) is 10.3 Å². The first-order valence-electron chi connectivity index (χ1n) is 6.97. The van der Waals surface area contributed by atoms with Crippen molar-refractivity contribution in [3.8, 4) is 0 Å². The van der Waals surface area contributed by atoms with Gasteiger partial charge in [0.1, 0.15) is 0 Å². The molecule has 1 aromatic rings. The van der Waals surface area contributed by atoms with Crippen LogP contribution in [0.15, 0.2) is 0 Å². The van der Waals surface area contributed by atoms with Gasteiger partial charge in [-0.2, -0.15) is 0 Å². The summed E-state index contributed by atoms with van der Waals surface area (Å²) in [6.45, 7) is 5.76. The van der Waals surface area contributed by atoms with Gasteiger partial charge in [0.05, 0.1) is 6.61 Å². The van der Waals surface area contributed by atoms with Gasteiger partial charge in [0.25, 0.3) is 0 Å². The number of aryl methyl sites for hydroxylation is 1. The van der Waals surface area contributed by atoms with Crippen LogP contribution in [-0.2, 0) is 9.47 Å². The molecule has 0 unspecified atom stereocenters. The van der Waals surface area contributed by atoms with Crippen molar-refractivity contribution in [2.75, 3.05) is 32.2 Å². The Morgan fingerprint density at radius 2 is 2.25 bits per heavy atom. The topological polar surface area (TPSA) is 60.5 Å². The summed E-state index contributed by atoms with van der Waals surface area (Å²) < 4.78 is 10.1. The Bertz CT molecular complexity index is 469. The lowest BCUT2D eigenvalue weighted by Crippen LogP contribution is -2.17. The quantitative estimate of drug-likeness (QED) is 0.748. The third-order valence-electron chi connectivity index (χ3n) is 3.67. The van der Waals surface area contributed by atoms with Crippen LogP contribution in [0.5, 0.6) is 0 Å². The largest absolute Gasteiger partial charge is 0.461 e. The average Bonchev–Trinajstić information content (AvgIpc) is 3.10. The highest BCUT2D eigenvalue weighted by molar-refractivity contribution is 7.15. The Hall–Kier alpha value is -1.14. The van der Waals surface area contributed by atoms with E-state index in [9.17, 15) is 4.79 Å². The molecule has 6 heteroatoms. The fourth-order valence-corrected chi connectivity index (χ4v) is 2.93. The molecule has 0 atom stereocenters. The fourth-order valence-electron chi connectivity index (χ4n) is 2.13. The lowest BCUT2D eigenvalue weighted by molar-refractivity contribution is 0.0519. The van der Waals surface area contributed by atoms with Crippen molar-refractivity contribution >= 4 is 22.4 Å². The fraction of sp³-hybridized carbons (Fsp3) is 0.714. The Labute approximate surface area is 123 Å². The number of nitrogens with zero attached hydrogens (tertiary/aromatic N) is 1. The van der Waals surface area contributed by atoms with Crippen molar-refractivity contribution in [1.29, 1.82) is 0 Å². The predicted molar refractivity (Wildman–Crippen MR) is 79.5 cm³/mol. The van der Waals surface area contributed by atoms with Crippen LogP contribution in [0, 0.1) is 12.3 Å². The molecule has 0 saturated heterocycles. The first-order valence-corrected chi connectivity index (χ1v) is 7.79. The van der Waals surface area contributed by atoms with E-state index in [1.165, 1.54) is 24.2 Å². The van der Waals surface area contributed by atoms with Gasteiger partial charge in [0.2, 0.25) is 0 Å². The number of carbonyl (C=O) groups excluding carboxylic acids is 1. The van der Waals surface area contributed by atoms with Gasteiger partial charge < -0.3 is 14.8 Å². The number of anilines is 1. The summed E-state index contributed by atoms with van der Waals surface area (Å²) in [4.78, 5) is 16.9. The minimum absolute atomic E-state index is 0.338. The maximum Gasteiger partial charge on any atom is 0.358 e. The van der Waals surface area contributed by atoms with Crippen molar-refractivity contribution in [2.24, 2.45) is 5.41 Å². The van der Waals surface area contributed by atoms with Gasteiger partial charge in [0.15, 0.2) is 10.8 Å². The van der Waals surface area contributed by atoms with Crippen molar-refractivity contribution in [1.82, 2.24) is 4.98 Å². The van der Waals surface area contributed by atoms with Crippen LogP contribution < -0.4 is 5.32 Å². The van der Waals surface area contributed by atoms with Crippen LogP contribution in [-0.4, -0.2) is 37.8 Å². The summed E-state index contributed by atoms with van der Waals surface area (Å²) in [5, 5.41) is 4.16. The molecular formula is C14H22N2O3S. The molecule has 1 aliphatic carbocycles. The van der Waals surface area contributed by atoms with E-state index in [1.807, 2.05) is 6.92 Å². The molecule has 112 valence electrons. The summed E-state index contributed by atoms with van der Waals surface area (Å²) in [5.74, 6) is -0.338. The van der Waals surface area contributed by atoms with Crippen molar-refractivity contribution in [2.45, 2.75) is 33.1 Å². The molecule has 1 aromatic heterocycles. The van der Waals surface area contributed by atoms with Crippen LogP contribution >= 0.6 is 11.3 Å². The summed E-state index contributed by atoms with van der Waals surface area (Å²) >= 11 is 1.51. The van der Waals surface area contributed by atoms with Gasteiger partial charge in [-0.05, 0) is 38.5 Å². The number of ether oxygens (including phenoxy) is 2. The molecule has 0 aliphatic heterocycles. The molecule has 5 nitrogen and oxygen atoms in total. The number of thiazole rings is 1. The third-order valence-corrected chi connectivity index (χ3v) is 4.60. The average molecular weight is 298 g/mol. The number of aromatic nitrogens is 1. The van der Waals surface area contributed by atoms with Gasteiger partial charge in [-0.15, -0.1) is 11.3 Å². The van der Waals surface area contributed by atoms with E-state index in [4.69, 9.17) is 9.47 Å². The van der Waals surface area contributed by atoms with Crippen LogP contribution in [0.4, 0.5) is 5.13 Å². The zero-order valence-corrected chi connectivity index (χ0v) is 13.1. The molecule has 1 N–H and O–H groups in total. The van der Waals surface area contributed by atoms with Crippen molar-refractivity contribution in [3.05, 3.63) is 10.6 Å². The highest BCUT2D eigenvalue weighted by atomic mass is 32.1. The van der Waals surface area contributed by atoms with Gasteiger partial charge >= 0.3 is 5.97 Å².